The normalized spacial score (nSPS) is 27.4. The van der Waals surface area contributed by atoms with E-state index in [1.807, 2.05) is 0 Å². The summed E-state index contributed by atoms with van der Waals surface area (Å²) in [7, 11) is 0. The number of hydrogen-bond donors (Lipinski definition) is 0. The van der Waals surface area contributed by atoms with Crippen molar-refractivity contribution in [2.45, 2.75) is 51.0 Å². The maximum atomic E-state index is 9.21. The molecule has 0 bridgehead atoms. The Bertz CT molecular complexity index is 207. The van der Waals surface area contributed by atoms with Crippen LogP contribution in [0.5, 0.6) is 0 Å². The summed E-state index contributed by atoms with van der Waals surface area (Å²) in [6, 6.07) is 2.77. The van der Waals surface area contributed by atoms with E-state index in [4.69, 9.17) is 0 Å². The van der Waals surface area contributed by atoms with Gasteiger partial charge in [0.15, 0.2) is 0 Å². The number of likely N-dealkylation sites (tertiary alicyclic amines) is 1. The molecule has 1 saturated heterocycles. The average molecular weight is 192 g/mol. The third kappa shape index (κ3) is 2.09. The van der Waals surface area contributed by atoms with E-state index < -0.39 is 0 Å². The maximum absolute atomic E-state index is 9.21. The van der Waals surface area contributed by atoms with Gasteiger partial charge in [-0.25, -0.2) is 0 Å². The van der Waals surface area contributed by atoms with E-state index >= 15 is 0 Å². The molecule has 1 saturated carbocycles. The molecule has 1 atom stereocenters. The Hall–Kier alpha value is -0.550. The van der Waals surface area contributed by atoms with Crippen molar-refractivity contribution in [2.75, 3.05) is 13.1 Å². The van der Waals surface area contributed by atoms with E-state index in [0.29, 0.717) is 5.92 Å². The molecule has 2 fully saturated rings. The van der Waals surface area contributed by atoms with E-state index in [2.05, 4.69) is 11.0 Å². The molecule has 1 heterocycles. The van der Waals surface area contributed by atoms with Gasteiger partial charge in [-0.15, -0.1) is 0 Å². The summed E-state index contributed by atoms with van der Waals surface area (Å²) in [4.78, 5) is 2.44. The summed E-state index contributed by atoms with van der Waals surface area (Å²) in [6.07, 6.45) is 9.23. The zero-order valence-corrected chi connectivity index (χ0v) is 8.91. The molecule has 2 rings (SSSR count). The van der Waals surface area contributed by atoms with E-state index in [9.17, 15) is 5.26 Å². The summed E-state index contributed by atoms with van der Waals surface area (Å²) < 4.78 is 0. The van der Waals surface area contributed by atoms with Crippen LogP contribution < -0.4 is 0 Å². The summed E-state index contributed by atoms with van der Waals surface area (Å²) in [5.74, 6) is 0.693. The van der Waals surface area contributed by atoms with Gasteiger partial charge in [-0.1, -0.05) is 19.3 Å². The molecule has 78 valence electrons. The highest BCUT2D eigenvalue weighted by molar-refractivity contribution is 4.99. The molecule has 1 aliphatic heterocycles. The lowest BCUT2D eigenvalue weighted by molar-refractivity contribution is 0.135. The fraction of sp³-hybridized carbons (Fsp3) is 0.917. The fourth-order valence-corrected chi connectivity index (χ4v) is 2.61. The largest absolute Gasteiger partial charge is 0.288 e. The van der Waals surface area contributed by atoms with Gasteiger partial charge in [0, 0.05) is 0 Å². The van der Waals surface area contributed by atoms with Crippen LogP contribution in [0.3, 0.4) is 0 Å². The Balaban J connectivity index is 1.92. The first-order chi connectivity index (χ1) is 6.92. The Kier molecular flexibility index (Phi) is 3.42. The van der Waals surface area contributed by atoms with Gasteiger partial charge in [0.2, 0.25) is 0 Å². The Morgan fingerprint density at radius 3 is 2.07 bits per heavy atom. The zero-order valence-electron chi connectivity index (χ0n) is 8.91. The van der Waals surface area contributed by atoms with Gasteiger partial charge in [0.1, 0.15) is 6.04 Å². The van der Waals surface area contributed by atoms with E-state index in [1.54, 1.807) is 0 Å². The monoisotopic (exact) mass is 192 g/mol. The second kappa shape index (κ2) is 4.79. The van der Waals surface area contributed by atoms with Crippen molar-refractivity contribution >= 4 is 0 Å². The second-order valence-electron chi connectivity index (χ2n) is 4.72. The van der Waals surface area contributed by atoms with Gasteiger partial charge in [-0.2, -0.15) is 5.26 Å². The van der Waals surface area contributed by atoms with Gasteiger partial charge < -0.3 is 0 Å². The maximum Gasteiger partial charge on any atom is 0.101 e. The van der Waals surface area contributed by atoms with Gasteiger partial charge in [0.05, 0.1) is 6.07 Å². The molecule has 2 heteroatoms. The topological polar surface area (TPSA) is 27.0 Å². The lowest BCUT2D eigenvalue weighted by Gasteiger charge is -2.36. The third-order valence-corrected chi connectivity index (χ3v) is 3.76. The van der Waals surface area contributed by atoms with Crippen molar-refractivity contribution in [3.63, 3.8) is 0 Å². The van der Waals surface area contributed by atoms with Gasteiger partial charge in [-0.05, 0) is 44.7 Å². The number of nitrogens with zero attached hydrogens (tertiary/aromatic N) is 2. The Morgan fingerprint density at radius 1 is 1.00 bits per heavy atom. The summed E-state index contributed by atoms with van der Waals surface area (Å²) >= 11 is 0. The van der Waals surface area contributed by atoms with E-state index in [-0.39, 0.29) is 6.04 Å². The molecule has 0 aromatic rings. The molecule has 0 aromatic heterocycles. The highest BCUT2D eigenvalue weighted by atomic mass is 15.2. The Labute approximate surface area is 86.9 Å². The third-order valence-electron chi connectivity index (χ3n) is 3.76. The minimum Gasteiger partial charge on any atom is -0.288 e. The first-order valence-electron chi connectivity index (χ1n) is 6.05. The van der Waals surface area contributed by atoms with Crippen LogP contribution >= 0.6 is 0 Å². The SMILES string of the molecule is N#CC(C1CCC1)N1CCCCCC1. The van der Waals surface area contributed by atoms with Crippen molar-refractivity contribution < 1.29 is 0 Å². The summed E-state index contributed by atoms with van der Waals surface area (Å²) in [6.45, 7) is 2.32. The number of rotatable bonds is 2. The first-order valence-corrected chi connectivity index (χ1v) is 6.05. The molecular weight excluding hydrogens is 172 g/mol. The van der Waals surface area contributed by atoms with Crippen molar-refractivity contribution in [3.8, 4) is 6.07 Å². The van der Waals surface area contributed by atoms with Crippen LogP contribution in [0, 0.1) is 17.2 Å². The van der Waals surface area contributed by atoms with Crippen LogP contribution in [0.25, 0.3) is 0 Å². The zero-order chi connectivity index (χ0) is 9.80. The van der Waals surface area contributed by atoms with Crippen LogP contribution in [0.2, 0.25) is 0 Å². The lowest BCUT2D eigenvalue weighted by Crippen LogP contribution is -2.42. The Morgan fingerprint density at radius 2 is 1.64 bits per heavy atom. The molecule has 0 radical (unpaired) electrons. The highest BCUT2D eigenvalue weighted by Crippen LogP contribution is 2.32. The minimum atomic E-state index is 0.238. The van der Waals surface area contributed by atoms with Crippen molar-refractivity contribution in [1.29, 1.82) is 5.26 Å². The fourth-order valence-electron chi connectivity index (χ4n) is 2.61. The molecule has 1 aliphatic carbocycles. The minimum absolute atomic E-state index is 0.238. The van der Waals surface area contributed by atoms with E-state index in [0.717, 1.165) is 13.1 Å². The van der Waals surface area contributed by atoms with Crippen LogP contribution in [-0.4, -0.2) is 24.0 Å². The predicted molar refractivity (Wildman–Crippen MR) is 56.8 cm³/mol. The predicted octanol–water partition coefficient (Wildman–Crippen LogP) is 2.55. The van der Waals surface area contributed by atoms with Crippen molar-refractivity contribution in [3.05, 3.63) is 0 Å². The van der Waals surface area contributed by atoms with Crippen LogP contribution in [-0.2, 0) is 0 Å². The molecule has 0 aromatic carbocycles. The van der Waals surface area contributed by atoms with Crippen molar-refractivity contribution in [2.24, 2.45) is 5.92 Å². The molecular formula is C12H20N2. The number of nitriles is 1. The first kappa shape index (κ1) is 9.98. The molecule has 0 N–H and O–H groups in total. The number of hydrogen-bond acceptors (Lipinski definition) is 2. The molecule has 2 aliphatic rings. The quantitative estimate of drug-likeness (QED) is 0.672. The highest BCUT2D eigenvalue weighted by Gasteiger charge is 2.31. The average Bonchev–Trinajstić information content (AvgIpc) is 2.38. The van der Waals surface area contributed by atoms with Crippen LogP contribution in [0.1, 0.15) is 44.9 Å². The van der Waals surface area contributed by atoms with Crippen LogP contribution in [0.15, 0.2) is 0 Å². The second-order valence-corrected chi connectivity index (χ2v) is 4.72. The molecule has 14 heavy (non-hydrogen) atoms. The van der Waals surface area contributed by atoms with E-state index in [1.165, 1.54) is 44.9 Å². The summed E-state index contributed by atoms with van der Waals surface area (Å²) in [5.41, 5.74) is 0. The molecule has 0 amide bonds. The standard InChI is InChI=1S/C12H20N2/c13-10-12(11-6-5-7-11)14-8-3-1-2-4-9-14/h11-12H,1-9H2. The van der Waals surface area contributed by atoms with Gasteiger partial charge >= 0.3 is 0 Å². The molecule has 1 unspecified atom stereocenters. The van der Waals surface area contributed by atoms with Gasteiger partial charge in [0.25, 0.3) is 0 Å². The van der Waals surface area contributed by atoms with Gasteiger partial charge in [-0.3, -0.25) is 4.90 Å². The van der Waals surface area contributed by atoms with Crippen LogP contribution in [0.4, 0.5) is 0 Å². The molecule has 2 nitrogen and oxygen atoms in total. The summed E-state index contributed by atoms with van der Waals surface area (Å²) in [5, 5.41) is 9.21. The molecule has 0 spiro atoms. The smallest absolute Gasteiger partial charge is 0.101 e. The lowest BCUT2D eigenvalue weighted by atomic mass is 9.79. The van der Waals surface area contributed by atoms with Crippen molar-refractivity contribution in [1.82, 2.24) is 4.90 Å².